The van der Waals surface area contributed by atoms with Crippen molar-refractivity contribution in [1.29, 1.82) is 0 Å². The number of rotatable bonds is 9. The van der Waals surface area contributed by atoms with Gasteiger partial charge >= 0.3 is 0 Å². The first-order valence-electron chi connectivity index (χ1n) is 6.84. The summed E-state index contributed by atoms with van der Waals surface area (Å²) in [6.45, 7) is 8.69. The van der Waals surface area contributed by atoms with E-state index in [0.29, 0.717) is 38.4 Å². The van der Waals surface area contributed by atoms with Gasteiger partial charge in [0.2, 0.25) is 0 Å². The summed E-state index contributed by atoms with van der Waals surface area (Å²) in [5.74, 6) is 0.700. The monoisotopic (exact) mass is 260 g/mol. The van der Waals surface area contributed by atoms with Gasteiger partial charge in [-0.1, -0.05) is 6.92 Å². The van der Waals surface area contributed by atoms with E-state index in [-0.39, 0.29) is 0 Å². The molecule has 0 aliphatic carbocycles. The Labute approximate surface area is 111 Å². The van der Waals surface area contributed by atoms with Crippen molar-refractivity contribution in [2.45, 2.75) is 19.4 Å². The molecule has 5 heteroatoms. The van der Waals surface area contributed by atoms with Gasteiger partial charge in [-0.05, 0) is 12.3 Å². The van der Waals surface area contributed by atoms with Crippen LogP contribution in [-0.4, -0.2) is 70.7 Å². The number of likely N-dealkylation sites (tertiary alicyclic amines) is 1. The van der Waals surface area contributed by atoms with Crippen LogP contribution in [0, 0.1) is 5.92 Å². The molecule has 0 saturated carbocycles. The zero-order valence-corrected chi connectivity index (χ0v) is 11.8. The fourth-order valence-corrected chi connectivity index (χ4v) is 2.35. The van der Waals surface area contributed by atoms with Gasteiger partial charge in [0.05, 0.1) is 33.0 Å². The van der Waals surface area contributed by atoms with E-state index in [1.807, 2.05) is 0 Å². The molecule has 1 rings (SSSR count). The molecule has 0 radical (unpaired) electrons. The molecule has 18 heavy (non-hydrogen) atoms. The number of hydrogen-bond donors (Lipinski definition) is 1. The fraction of sp³-hybridized carbons (Fsp3) is 1.00. The van der Waals surface area contributed by atoms with Gasteiger partial charge in [0.1, 0.15) is 0 Å². The molecule has 2 N–H and O–H groups in total. The summed E-state index contributed by atoms with van der Waals surface area (Å²) in [4.78, 5) is 2.39. The van der Waals surface area contributed by atoms with Crippen molar-refractivity contribution in [3.05, 3.63) is 0 Å². The highest BCUT2D eigenvalue weighted by atomic mass is 16.5. The first-order valence-corrected chi connectivity index (χ1v) is 6.84. The Balaban J connectivity index is 1.91. The van der Waals surface area contributed by atoms with Crippen LogP contribution in [0.2, 0.25) is 0 Å². The van der Waals surface area contributed by atoms with E-state index in [1.54, 1.807) is 7.11 Å². The standard InChI is InChI=1S/C13H28N2O3/c1-12-9-13(14)11-15(10-12)3-4-17-7-8-18-6-5-16-2/h12-13H,3-11,14H2,1-2H3. The maximum Gasteiger partial charge on any atom is 0.0701 e. The van der Waals surface area contributed by atoms with E-state index in [0.717, 1.165) is 32.7 Å². The molecular formula is C13H28N2O3. The molecule has 1 saturated heterocycles. The maximum absolute atomic E-state index is 6.00. The SMILES string of the molecule is COCCOCCOCCN1CC(C)CC(N)C1. The third-order valence-corrected chi connectivity index (χ3v) is 3.12. The molecule has 0 amide bonds. The molecule has 1 aliphatic rings. The zero-order valence-electron chi connectivity index (χ0n) is 11.8. The zero-order chi connectivity index (χ0) is 13.2. The minimum absolute atomic E-state index is 0.325. The Kier molecular flexibility index (Phi) is 8.54. The predicted molar refractivity (Wildman–Crippen MR) is 71.7 cm³/mol. The lowest BCUT2D eigenvalue weighted by Gasteiger charge is -2.34. The largest absolute Gasteiger partial charge is 0.382 e. The first-order chi connectivity index (χ1) is 8.72. The Hall–Kier alpha value is -0.200. The highest BCUT2D eigenvalue weighted by molar-refractivity contribution is 4.78. The predicted octanol–water partition coefficient (Wildman–Crippen LogP) is 0.335. The lowest BCUT2D eigenvalue weighted by Crippen LogP contribution is -2.47. The lowest BCUT2D eigenvalue weighted by molar-refractivity contribution is 0.0162. The van der Waals surface area contributed by atoms with Gasteiger partial charge in [-0.25, -0.2) is 0 Å². The van der Waals surface area contributed by atoms with Crippen molar-refractivity contribution in [3.63, 3.8) is 0 Å². The van der Waals surface area contributed by atoms with Gasteiger partial charge in [-0.2, -0.15) is 0 Å². The second kappa shape index (κ2) is 9.69. The second-order valence-corrected chi connectivity index (χ2v) is 5.08. The molecule has 1 heterocycles. The van der Waals surface area contributed by atoms with Gasteiger partial charge in [0.15, 0.2) is 0 Å². The van der Waals surface area contributed by atoms with Crippen LogP contribution in [0.15, 0.2) is 0 Å². The lowest BCUT2D eigenvalue weighted by atomic mass is 9.97. The molecule has 1 aliphatic heterocycles. The van der Waals surface area contributed by atoms with Crippen LogP contribution < -0.4 is 5.73 Å². The normalized spacial score (nSPS) is 25.5. The number of methoxy groups -OCH3 is 1. The van der Waals surface area contributed by atoms with Crippen LogP contribution in [0.25, 0.3) is 0 Å². The molecule has 0 bridgehead atoms. The Morgan fingerprint density at radius 1 is 1.06 bits per heavy atom. The van der Waals surface area contributed by atoms with Gasteiger partial charge < -0.3 is 19.9 Å². The molecule has 108 valence electrons. The Bertz CT molecular complexity index is 195. The number of ether oxygens (including phenoxy) is 3. The second-order valence-electron chi connectivity index (χ2n) is 5.08. The summed E-state index contributed by atoms with van der Waals surface area (Å²) < 4.78 is 15.7. The van der Waals surface area contributed by atoms with Crippen molar-refractivity contribution < 1.29 is 14.2 Å². The molecule has 0 aromatic carbocycles. The van der Waals surface area contributed by atoms with Crippen LogP contribution in [-0.2, 0) is 14.2 Å². The van der Waals surface area contributed by atoms with Crippen LogP contribution >= 0.6 is 0 Å². The molecule has 0 aromatic rings. The van der Waals surface area contributed by atoms with E-state index in [2.05, 4.69) is 11.8 Å². The van der Waals surface area contributed by atoms with E-state index in [4.69, 9.17) is 19.9 Å². The quantitative estimate of drug-likeness (QED) is 0.606. The fourth-order valence-electron chi connectivity index (χ4n) is 2.35. The summed E-state index contributed by atoms with van der Waals surface area (Å²) in [5.41, 5.74) is 6.00. The minimum Gasteiger partial charge on any atom is -0.382 e. The molecule has 0 aromatic heterocycles. The van der Waals surface area contributed by atoms with Gasteiger partial charge in [-0.15, -0.1) is 0 Å². The van der Waals surface area contributed by atoms with Gasteiger partial charge in [-0.3, -0.25) is 4.90 Å². The van der Waals surface area contributed by atoms with E-state index >= 15 is 0 Å². The molecule has 5 nitrogen and oxygen atoms in total. The smallest absolute Gasteiger partial charge is 0.0701 e. The van der Waals surface area contributed by atoms with Gasteiger partial charge in [0.25, 0.3) is 0 Å². The van der Waals surface area contributed by atoms with Crippen LogP contribution in [0.1, 0.15) is 13.3 Å². The average molecular weight is 260 g/mol. The molecule has 0 spiro atoms. The minimum atomic E-state index is 0.325. The highest BCUT2D eigenvalue weighted by Gasteiger charge is 2.21. The maximum atomic E-state index is 6.00. The third-order valence-electron chi connectivity index (χ3n) is 3.12. The average Bonchev–Trinajstić information content (AvgIpc) is 2.31. The van der Waals surface area contributed by atoms with E-state index in [9.17, 15) is 0 Å². The number of nitrogens with zero attached hydrogens (tertiary/aromatic N) is 1. The summed E-state index contributed by atoms with van der Waals surface area (Å²) in [6.07, 6.45) is 1.14. The van der Waals surface area contributed by atoms with E-state index < -0.39 is 0 Å². The number of piperidine rings is 1. The Morgan fingerprint density at radius 3 is 2.39 bits per heavy atom. The topological polar surface area (TPSA) is 57.0 Å². The van der Waals surface area contributed by atoms with Crippen molar-refractivity contribution >= 4 is 0 Å². The van der Waals surface area contributed by atoms with E-state index in [1.165, 1.54) is 0 Å². The molecule has 2 atom stereocenters. The van der Waals surface area contributed by atoms with Crippen LogP contribution in [0.4, 0.5) is 0 Å². The van der Waals surface area contributed by atoms with Crippen molar-refractivity contribution in [2.75, 3.05) is 59.8 Å². The molecule has 2 unspecified atom stereocenters. The Morgan fingerprint density at radius 2 is 1.72 bits per heavy atom. The number of hydrogen-bond acceptors (Lipinski definition) is 5. The summed E-state index contributed by atoms with van der Waals surface area (Å²) >= 11 is 0. The van der Waals surface area contributed by atoms with Crippen molar-refractivity contribution in [1.82, 2.24) is 4.90 Å². The van der Waals surface area contributed by atoms with Crippen LogP contribution in [0.3, 0.4) is 0 Å². The van der Waals surface area contributed by atoms with Crippen molar-refractivity contribution in [3.8, 4) is 0 Å². The number of nitrogens with two attached hydrogens (primary N) is 1. The first kappa shape index (κ1) is 15.9. The highest BCUT2D eigenvalue weighted by Crippen LogP contribution is 2.14. The van der Waals surface area contributed by atoms with Gasteiger partial charge in [0, 0.05) is 32.8 Å². The van der Waals surface area contributed by atoms with Crippen molar-refractivity contribution in [2.24, 2.45) is 11.7 Å². The summed E-state index contributed by atoms with van der Waals surface area (Å²) in [6, 6.07) is 0.325. The summed E-state index contributed by atoms with van der Waals surface area (Å²) in [5, 5.41) is 0. The molecular weight excluding hydrogens is 232 g/mol. The summed E-state index contributed by atoms with van der Waals surface area (Å²) in [7, 11) is 1.67. The molecule has 1 fully saturated rings. The third kappa shape index (κ3) is 7.28. The van der Waals surface area contributed by atoms with Crippen LogP contribution in [0.5, 0.6) is 0 Å².